The summed E-state index contributed by atoms with van der Waals surface area (Å²) in [6, 6.07) is 0.221. The summed E-state index contributed by atoms with van der Waals surface area (Å²) in [5.74, 6) is 0.723. The molecule has 1 saturated carbocycles. The van der Waals surface area contributed by atoms with Crippen LogP contribution in [0.15, 0.2) is 0 Å². The van der Waals surface area contributed by atoms with E-state index in [1.165, 1.54) is 41.3 Å². The van der Waals surface area contributed by atoms with Crippen LogP contribution in [-0.4, -0.2) is 4.98 Å². The molecule has 0 bridgehead atoms. The molecule has 0 spiro atoms. The first-order valence-corrected chi connectivity index (χ1v) is 7.11. The van der Waals surface area contributed by atoms with Gasteiger partial charge in [-0.3, -0.25) is 0 Å². The van der Waals surface area contributed by atoms with Gasteiger partial charge < -0.3 is 5.73 Å². The lowest BCUT2D eigenvalue weighted by Crippen LogP contribution is -2.21. The van der Waals surface area contributed by atoms with Gasteiger partial charge in [0.15, 0.2) is 0 Å². The van der Waals surface area contributed by atoms with Crippen LogP contribution < -0.4 is 5.73 Å². The highest BCUT2D eigenvalue weighted by Gasteiger charge is 2.34. The summed E-state index contributed by atoms with van der Waals surface area (Å²) in [7, 11) is 0. The number of rotatable bonds is 2. The zero-order valence-electron chi connectivity index (χ0n) is 10.1. The van der Waals surface area contributed by atoms with E-state index in [2.05, 4.69) is 13.8 Å². The highest BCUT2D eigenvalue weighted by Crippen LogP contribution is 2.43. The van der Waals surface area contributed by atoms with Gasteiger partial charge in [0.05, 0.1) is 11.7 Å². The lowest BCUT2D eigenvalue weighted by atomic mass is 9.79. The zero-order chi connectivity index (χ0) is 11.3. The minimum Gasteiger partial charge on any atom is -0.322 e. The third kappa shape index (κ3) is 1.91. The third-order valence-electron chi connectivity index (χ3n) is 3.89. The van der Waals surface area contributed by atoms with E-state index in [0.717, 1.165) is 12.3 Å². The van der Waals surface area contributed by atoms with E-state index in [0.29, 0.717) is 5.41 Å². The first kappa shape index (κ1) is 10.7. The zero-order valence-corrected chi connectivity index (χ0v) is 10.9. The number of aryl methyl sites for hydroxylation is 1. The Bertz CT molecular complexity index is 404. The van der Waals surface area contributed by atoms with Gasteiger partial charge in [0.25, 0.3) is 0 Å². The van der Waals surface area contributed by atoms with Crippen LogP contribution in [-0.2, 0) is 12.8 Å². The predicted octanol–water partition coefficient (Wildman–Crippen LogP) is 3.07. The van der Waals surface area contributed by atoms with Gasteiger partial charge >= 0.3 is 0 Å². The Morgan fingerprint density at radius 1 is 1.44 bits per heavy atom. The standard InChI is InChI=1S/C13H20N2S/c1-13(2)6-5-9-10(7-13)16-12(15-9)11(14)8-3-4-8/h8,11H,3-7,14H2,1-2H3. The molecule has 16 heavy (non-hydrogen) atoms. The summed E-state index contributed by atoms with van der Waals surface area (Å²) in [4.78, 5) is 6.27. The quantitative estimate of drug-likeness (QED) is 0.857. The average Bonchev–Trinajstić information content (AvgIpc) is 2.97. The molecule has 2 aliphatic carbocycles. The molecule has 0 radical (unpaired) electrons. The first-order chi connectivity index (χ1) is 7.55. The van der Waals surface area contributed by atoms with Crippen molar-refractivity contribution >= 4 is 11.3 Å². The number of fused-ring (bicyclic) bond motifs is 1. The minimum atomic E-state index is 0.221. The van der Waals surface area contributed by atoms with Gasteiger partial charge in [-0.25, -0.2) is 4.98 Å². The average molecular weight is 236 g/mol. The largest absolute Gasteiger partial charge is 0.322 e. The Hall–Kier alpha value is -0.410. The number of thiazole rings is 1. The number of hydrogen-bond donors (Lipinski definition) is 1. The molecular formula is C13H20N2S. The topological polar surface area (TPSA) is 38.9 Å². The highest BCUT2D eigenvalue weighted by molar-refractivity contribution is 7.11. The second-order valence-corrected chi connectivity index (χ2v) is 7.24. The van der Waals surface area contributed by atoms with E-state index in [-0.39, 0.29) is 6.04 Å². The third-order valence-corrected chi connectivity index (χ3v) is 5.09. The van der Waals surface area contributed by atoms with Crippen molar-refractivity contribution in [1.29, 1.82) is 0 Å². The Morgan fingerprint density at radius 3 is 2.88 bits per heavy atom. The molecule has 1 aromatic rings. The van der Waals surface area contributed by atoms with E-state index < -0.39 is 0 Å². The molecule has 0 amide bonds. The molecule has 1 unspecified atom stereocenters. The molecule has 2 nitrogen and oxygen atoms in total. The number of nitrogens with two attached hydrogens (primary N) is 1. The molecule has 0 saturated heterocycles. The fraction of sp³-hybridized carbons (Fsp3) is 0.769. The van der Waals surface area contributed by atoms with Crippen LogP contribution in [0.3, 0.4) is 0 Å². The number of hydrogen-bond acceptors (Lipinski definition) is 3. The van der Waals surface area contributed by atoms with Crippen LogP contribution in [0.2, 0.25) is 0 Å². The van der Waals surface area contributed by atoms with Gasteiger partial charge in [-0.2, -0.15) is 0 Å². The Morgan fingerprint density at radius 2 is 2.19 bits per heavy atom. The normalized spacial score (nSPS) is 25.2. The van der Waals surface area contributed by atoms with Crippen LogP contribution >= 0.6 is 11.3 Å². The molecule has 88 valence electrons. The second kappa shape index (κ2) is 3.54. The van der Waals surface area contributed by atoms with Crippen molar-refractivity contribution in [2.75, 3.05) is 0 Å². The fourth-order valence-corrected chi connectivity index (χ4v) is 3.98. The van der Waals surface area contributed by atoms with Crippen LogP contribution in [0, 0.1) is 11.3 Å². The van der Waals surface area contributed by atoms with E-state index in [4.69, 9.17) is 10.7 Å². The lowest BCUT2D eigenvalue weighted by molar-refractivity contribution is 0.316. The Balaban J connectivity index is 1.86. The number of nitrogens with zero attached hydrogens (tertiary/aromatic N) is 1. The van der Waals surface area contributed by atoms with Gasteiger partial charge in [0.2, 0.25) is 0 Å². The number of aromatic nitrogens is 1. The maximum atomic E-state index is 6.23. The monoisotopic (exact) mass is 236 g/mol. The van der Waals surface area contributed by atoms with Gasteiger partial charge in [0, 0.05) is 4.88 Å². The molecule has 3 heteroatoms. The molecule has 2 aliphatic rings. The van der Waals surface area contributed by atoms with Crippen molar-refractivity contribution in [3.05, 3.63) is 15.6 Å². The van der Waals surface area contributed by atoms with Crippen LogP contribution in [0.25, 0.3) is 0 Å². The lowest BCUT2D eigenvalue weighted by Gasteiger charge is -2.28. The second-order valence-electron chi connectivity index (χ2n) is 6.13. The maximum Gasteiger partial charge on any atom is 0.110 e. The summed E-state index contributed by atoms with van der Waals surface area (Å²) < 4.78 is 0. The van der Waals surface area contributed by atoms with E-state index in [9.17, 15) is 0 Å². The van der Waals surface area contributed by atoms with Crippen molar-refractivity contribution < 1.29 is 0 Å². The SMILES string of the molecule is CC1(C)CCc2nc(C(N)C3CC3)sc2C1. The molecule has 0 aromatic carbocycles. The first-order valence-electron chi connectivity index (χ1n) is 6.29. The molecule has 1 fully saturated rings. The molecule has 1 atom stereocenters. The van der Waals surface area contributed by atoms with Gasteiger partial charge in [-0.05, 0) is 43.4 Å². The smallest absolute Gasteiger partial charge is 0.110 e. The summed E-state index contributed by atoms with van der Waals surface area (Å²) in [5, 5.41) is 1.20. The molecular weight excluding hydrogens is 216 g/mol. The van der Waals surface area contributed by atoms with Crippen molar-refractivity contribution in [3.63, 3.8) is 0 Å². The highest BCUT2D eigenvalue weighted by atomic mass is 32.1. The van der Waals surface area contributed by atoms with Crippen molar-refractivity contribution in [2.45, 2.75) is 52.0 Å². The Kier molecular flexibility index (Phi) is 2.37. The van der Waals surface area contributed by atoms with Crippen LogP contribution in [0.1, 0.15) is 54.7 Å². The van der Waals surface area contributed by atoms with Crippen molar-refractivity contribution in [3.8, 4) is 0 Å². The summed E-state index contributed by atoms with van der Waals surface area (Å²) in [5.41, 5.74) is 8.03. The molecule has 2 N–H and O–H groups in total. The molecule has 0 aliphatic heterocycles. The van der Waals surface area contributed by atoms with Crippen LogP contribution in [0.5, 0.6) is 0 Å². The van der Waals surface area contributed by atoms with Crippen molar-refractivity contribution in [2.24, 2.45) is 17.1 Å². The minimum absolute atomic E-state index is 0.221. The van der Waals surface area contributed by atoms with Crippen molar-refractivity contribution in [1.82, 2.24) is 4.98 Å². The van der Waals surface area contributed by atoms with Gasteiger partial charge in [-0.1, -0.05) is 13.8 Å². The maximum absolute atomic E-state index is 6.23. The Labute approximate surface area is 101 Å². The van der Waals surface area contributed by atoms with E-state index in [1.54, 1.807) is 0 Å². The summed E-state index contributed by atoms with van der Waals surface area (Å²) in [6.45, 7) is 4.71. The van der Waals surface area contributed by atoms with Crippen LogP contribution in [0.4, 0.5) is 0 Å². The van der Waals surface area contributed by atoms with Gasteiger partial charge in [-0.15, -0.1) is 11.3 Å². The van der Waals surface area contributed by atoms with E-state index >= 15 is 0 Å². The fourth-order valence-electron chi connectivity index (χ4n) is 2.52. The summed E-state index contributed by atoms with van der Waals surface area (Å²) >= 11 is 1.88. The molecule has 1 aromatic heterocycles. The summed E-state index contributed by atoms with van der Waals surface area (Å²) in [6.07, 6.45) is 6.21. The predicted molar refractivity (Wildman–Crippen MR) is 67.6 cm³/mol. The van der Waals surface area contributed by atoms with Gasteiger partial charge in [0.1, 0.15) is 5.01 Å². The molecule has 1 heterocycles. The molecule has 3 rings (SSSR count). The van der Waals surface area contributed by atoms with E-state index in [1.807, 2.05) is 11.3 Å².